The fourth-order valence-electron chi connectivity index (χ4n) is 6.56. The van der Waals surface area contributed by atoms with E-state index in [2.05, 4.69) is 22.0 Å². The Morgan fingerprint density at radius 1 is 1.18 bits per heavy atom. The number of nitrogens with zero attached hydrogens (tertiary/aromatic N) is 6. The van der Waals surface area contributed by atoms with Crippen LogP contribution in [-0.2, 0) is 5.54 Å². The summed E-state index contributed by atoms with van der Waals surface area (Å²) in [5.41, 5.74) is 9.92. The molecule has 1 aliphatic carbocycles. The molecule has 2 bridgehead atoms. The van der Waals surface area contributed by atoms with Crippen LogP contribution in [0.15, 0.2) is 48.8 Å². The number of terminal acetylenes is 1. The highest BCUT2D eigenvalue weighted by Crippen LogP contribution is 2.51. The van der Waals surface area contributed by atoms with Gasteiger partial charge in [-0.1, -0.05) is 18.1 Å². The highest BCUT2D eigenvalue weighted by Gasteiger charge is 2.52. The maximum Gasteiger partial charge on any atom is 0.254 e. The van der Waals surface area contributed by atoms with Crippen LogP contribution in [0.1, 0.15) is 75.5 Å². The van der Waals surface area contributed by atoms with Crippen molar-refractivity contribution in [2.45, 2.75) is 43.8 Å². The van der Waals surface area contributed by atoms with Gasteiger partial charge < -0.3 is 15.2 Å². The summed E-state index contributed by atoms with van der Waals surface area (Å²) in [6.45, 7) is -0.774. The highest BCUT2D eigenvalue weighted by molar-refractivity contribution is 5.98. The molecule has 1 amide bonds. The number of nitrogens with two attached hydrogens (primary N) is 1. The number of hydrogen-bond acceptors (Lipinski definition) is 6. The van der Waals surface area contributed by atoms with Gasteiger partial charge in [-0.3, -0.25) is 4.79 Å². The van der Waals surface area contributed by atoms with Gasteiger partial charge in [-0.2, -0.15) is 5.26 Å². The van der Waals surface area contributed by atoms with Gasteiger partial charge in [0.2, 0.25) is 0 Å². The zero-order valence-electron chi connectivity index (χ0n) is 23.6. The van der Waals surface area contributed by atoms with E-state index in [1.165, 1.54) is 0 Å². The van der Waals surface area contributed by atoms with Gasteiger partial charge in [-0.15, -0.1) is 6.42 Å². The molecule has 8 heteroatoms. The lowest BCUT2D eigenvalue weighted by atomic mass is 9.59. The average Bonchev–Trinajstić information content (AvgIpc) is 3.44. The van der Waals surface area contributed by atoms with Gasteiger partial charge in [0, 0.05) is 52.2 Å². The molecule has 2 N–H and O–H groups in total. The normalized spacial score (nSPS) is 28.7. The second-order valence-electron chi connectivity index (χ2n) is 10.9. The number of benzene rings is 2. The highest BCUT2D eigenvalue weighted by atomic mass is 16.2. The molecule has 2 aromatic heterocycles. The quantitative estimate of drug-likeness (QED) is 0.413. The first kappa shape index (κ1) is 19.6. The predicted octanol–water partition coefficient (Wildman–Crippen LogP) is 4.07. The van der Waals surface area contributed by atoms with Crippen molar-refractivity contribution in [3.8, 4) is 29.5 Å². The number of imidazole rings is 1. The van der Waals surface area contributed by atoms with Crippen LogP contribution in [0.25, 0.3) is 22.2 Å². The first-order chi connectivity index (χ1) is 19.5. The number of amides is 1. The Kier molecular flexibility index (Phi) is 3.86. The molecular formula is C30H25N7O. The number of carbonyl (C=O) groups excluding carboxylic acids is 1. The predicted molar refractivity (Wildman–Crippen MR) is 142 cm³/mol. The van der Waals surface area contributed by atoms with Crippen LogP contribution in [0.5, 0.6) is 0 Å². The molecule has 2 aliphatic heterocycles. The van der Waals surface area contributed by atoms with E-state index in [9.17, 15) is 10.1 Å². The van der Waals surface area contributed by atoms with Gasteiger partial charge in [-0.05, 0) is 49.6 Å². The van der Waals surface area contributed by atoms with E-state index in [4.69, 9.17) is 21.3 Å². The van der Waals surface area contributed by atoms with Crippen molar-refractivity contribution < 1.29 is 8.91 Å². The topological polar surface area (TPSA) is 114 Å². The Bertz CT molecular complexity index is 1860. The summed E-state index contributed by atoms with van der Waals surface area (Å²) >= 11 is 0. The van der Waals surface area contributed by atoms with Crippen LogP contribution in [0.2, 0.25) is 0 Å². The Morgan fingerprint density at radius 2 is 1.97 bits per heavy atom. The monoisotopic (exact) mass is 502 g/mol. The molecule has 0 radical (unpaired) electrons. The van der Waals surface area contributed by atoms with E-state index in [-0.39, 0.29) is 6.04 Å². The molecule has 38 heavy (non-hydrogen) atoms. The minimum absolute atomic E-state index is 0.302. The molecule has 3 aliphatic rings. The number of hydrogen-bond donors (Lipinski definition) is 1. The van der Waals surface area contributed by atoms with Crippen molar-refractivity contribution in [1.82, 2.24) is 24.4 Å². The summed E-state index contributed by atoms with van der Waals surface area (Å²) in [4.78, 5) is 28.5. The third-order valence-electron chi connectivity index (χ3n) is 8.24. The van der Waals surface area contributed by atoms with Crippen LogP contribution in [0.4, 0.5) is 0 Å². The zero-order valence-corrected chi connectivity index (χ0v) is 20.6. The molecule has 4 heterocycles. The average molecular weight is 503 g/mol. The van der Waals surface area contributed by atoms with E-state index >= 15 is 0 Å². The third-order valence-corrected chi connectivity index (χ3v) is 8.24. The van der Waals surface area contributed by atoms with Gasteiger partial charge in [0.1, 0.15) is 11.6 Å². The first-order valence-electron chi connectivity index (χ1n) is 13.9. The Morgan fingerprint density at radius 3 is 2.68 bits per heavy atom. The van der Waals surface area contributed by atoms with E-state index in [1.54, 1.807) is 30.6 Å². The number of aromatic nitrogens is 4. The fraction of sp³-hybridized carbons (Fsp3) is 0.300. The number of fused-ring (bicyclic) bond motifs is 9. The van der Waals surface area contributed by atoms with Crippen molar-refractivity contribution in [1.29, 1.82) is 5.26 Å². The molecule has 0 saturated heterocycles. The van der Waals surface area contributed by atoms with Gasteiger partial charge in [0.25, 0.3) is 5.91 Å². The maximum atomic E-state index is 13.6. The van der Waals surface area contributed by atoms with Crippen molar-refractivity contribution in [2.75, 3.05) is 6.98 Å². The number of nitriles is 1. The van der Waals surface area contributed by atoms with E-state index in [0.29, 0.717) is 53.1 Å². The smallest absolute Gasteiger partial charge is 0.254 e. The van der Waals surface area contributed by atoms with Crippen LogP contribution < -0.4 is 5.73 Å². The van der Waals surface area contributed by atoms with Gasteiger partial charge in [0.15, 0.2) is 0 Å². The van der Waals surface area contributed by atoms with E-state index in [1.807, 2.05) is 29.7 Å². The Balaban J connectivity index is 1.34. The van der Waals surface area contributed by atoms with Crippen LogP contribution in [0.3, 0.4) is 0 Å². The molecule has 186 valence electrons. The third kappa shape index (κ3) is 2.95. The molecule has 8 nitrogen and oxygen atoms in total. The number of rotatable bonds is 2. The summed E-state index contributed by atoms with van der Waals surface area (Å²) < 4.78 is 26.6. The standard InChI is InChI=1S/C30H25N7O/c1-4-17-6-5-7-20-25(17)23-11-24(36(3)27(20)38)26-35-21-9-8-18(10-22(21)37(23)26)19-12-33-28(34-13-19)30(32)14-29(2,15-30)16-31/h1,5-10,12-13,23-24H,11,14-15,32H2,2-3H3/t23-,24-,29?,30?/m1/s1/i3D3. The Hall–Kier alpha value is -4.53. The maximum absolute atomic E-state index is 13.6. The zero-order chi connectivity index (χ0) is 28.9. The van der Waals surface area contributed by atoms with Crippen LogP contribution in [0, 0.1) is 29.1 Å². The minimum Gasteiger partial charge on any atom is -0.331 e. The summed E-state index contributed by atoms with van der Waals surface area (Å²) in [6.07, 6.45) is 10.7. The van der Waals surface area contributed by atoms with Gasteiger partial charge >= 0.3 is 0 Å². The van der Waals surface area contributed by atoms with Crippen LogP contribution >= 0.6 is 0 Å². The lowest BCUT2D eigenvalue weighted by molar-refractivity contribution is 0.0734. The lowest BCUT2D eigenvalue weighted by Gasteiger charge is -2.47. The van der Waals surface area contributed by atoms with Crippen LogP contribution in [-0.4, -0.2) is 37.3 Å². The number of carbonyl (C=O) groups is 1. The molecule has 1 saturated carbocycles. The second kappa shape index (κ2) is 7.50. The van der Waals surface area contributed by atoms with E-state index in [0.717, 1.165) is 21.5 Å². The lowest BCUT2D eigenvalue weighted by Crippen LogP contribution is -2.54. The Labute approximate surface area is 224 Å². The van der Waals surface area contributed by atoms with E-state index < -0.39 is 29.9 Å². The van der Waals surface area contributed by atoms with Crippen molar-refractivity contribution >= 4 is 16.9 Å². The SMILES string of the molecule is [2H]C([2H])([2H])N1C(=O)c2cccc(C#C)c2[C@H]2C[C@@H]1c1nc3ccc(-c4cnc(C5(N)CC(C)(C#N)C5)nc4)cc3n12. The molecule has 0 spiro atoms. The minimum atomic E-state index is -2.66. The molecular weight excluding hydrogens is 474 g/mol. The van der Waals surface area contributed by atoms with Gasteiger partial charge in [-0.25, -0.2) is 15.0 Å². The molecule has 2 atom stereocenters. The van der Waals surface area contributed by atoms with Gasteiger partial charge in [0.05, 0.1) is 40.1 Å². The van der Waals surface area contributed by atoms with Crippen molar-refractivity contribution in [3.63, 3.8) is 0 Å². The fourth-order valence-corrected chi connectivity index (χ4v) is 6.56. The van der Waals surface area contributed by atoms with Crippen molar-refractivity contribution in [3.05, 3.63) is 77.1 Å². The molecule has 1 fully saturated rings. The molecule has 2 aromatic carbocycles. The first-order valence-corrected chi connectivity index (χ1v) is 12.4. The summed E-state index contributed by atoms with van der Waals surface area (Å²) in [6, 6.07) is 12.1. The molecule has 4 aromatic rings. The second-order valence-corrected chi connectivity index (χ2v) is 10.9. The summed E-state index contributed by atoms with van der Waals surface area (Å²) in [7, 11) is 0. The summed E-state index contributed by atoms with van der Waals surface area (Å²) in [5.74, 6) is 3.16. The summed E-state index contributed by atoms with van der Waals surface area (Å²) in [5, 5.41) is 9.37. The molecule has 0 unspecified atom stereocenters. The largest absolute Gasteiger partial charge is 0.331 e. The van der Waals surface area contributed by atoms with Crippen molar-refractivity contribution in [2.24, 2.45) is 11.1 Å². The molecule has 7 rings (SSSR count).